The molecule has 1 N–H and O–H groups in total. The minimum Gasteiger partial charge on any atom is -0.480 e. The highest BCUT2D eigenvalue weighted by Crippen LogP contribution is 2.32. The number of hydrogen-bond donors (Lipinski definition) is 1. The molecule has 2 aliphatic rings. The maximum absolute atomic E-state index is 12.6. The molecule has 0 aromatic rings. The van der Waals surface area contributed by atoms with Gasteiger partial charge in [-0.25, -0.2) is 9.59 Å². The lowest BCUT2D eigenvalue weighted by Crippen LogP contribution is -2.56. The summed E-state index contributed by atoms with van der Waals surface area (Å²) < 4.78 is 0. The van der Waals surface area contributed by atoms with Crippen molar-refractivity contribution in [2.75, 3.05) is 19.6 Å². The topological polar surface area (TPSA) is 60.9 Å². The molecule has 2 rings (SSSR count). The van der Waals surface area contributed by atoms with Crippen LogP contribution in [0.15, 0.2) is 0 Å². The van der Waals surface area contributed by atoms with Gasteiger partial charge >= 0.3 is 12.0 Å². The van der Waals surface area contributed by atoms with Gasteiger partial charge in [0.2, 0.25) is 0 Å². The number of carbonyl (C=O) groups is 2. The normalized spacial score (nSPS) is 28.2. The van der Waals surface area contributed by atoms with E-state index in [-0.39, 0.29) is 6.03 Å². The highest BCUT2D eigenvalue weighted by Gasteiger charge is 2.47. The number of urea groups is 1. The first-order chi connectivity index (χ1) is 9.36. The summed E-state index contributed by atoms with van der Waals surface area (Å²) in [5.41, 5.74) is -1.02. The van der Waals surface area contributed by atoms with E-state index in [9.17, 15) is 14.7 Å². The van der Waals surface area contributed by atoms with Crippen LogP contribution in [0.5, 0.6) is 0 Å². The zero-order valence-electron chi connectivity index (χ0n) is 12.8. The second-order valence-corrected chi connectivity index (χ2v) is 6.69. The van der Waals surface area contributed by atoms with Crippen molar-refractivity contribution in [2.24, 2.45) is 11.8 Å². The molecule has 114 valence electrons. The van der Waals surface area contributed by atoms with Crippen LogP contribution in [0.25, 0.3) is 0 Å². The summed E-state index contributed by atoms with van der Waals surface area (Å²) in [6.07, 6.45) is 3.38. The molecule has 0 aromatic heterocycles. The number of piperidine rings is 1. The monoisotopic (exact) mass is 282 g/mol. The minimum atomic E-state index is -1.02. The summed E-state index contributed by atoms with van der Waals surface area (Å²) in [5, 5.41) is 9.39. The Labute approximate surface area is 120 Å². The molecule has 1 atom stereocenters. The molecule has 0 spiro atoms. The molecule has 5 heteroatoms. The fourth-order valence-electron chi connectivity index (χ4n) is 3.42. The SMILES string of the molecule is CC(C)C1CCN(C(=O)N2CCCC2(C)C(=O)O)CC1. The third kappa shape index (κ3) is 2.63. The van der Waals surface area contributed by atoms with E-state index < -0.39 is 11.5 Å². The highest BCUT2D eigenvalue weighted by atomic mass is 16.4. The van der Waals surface area contributed by atoms with Crippen LogP contribution in [0.4, 0.5) is 4.79 Å². The summed E-state index contributed by atoms with van der Waals surface area (Å²) in [5.74, 6) is 0.451. The standard InChI is InChI=1S/C15H26N2O3/c1-11(2)12-5-9-16(10-6-12)14(20)17-8-4-7-15(17,3)13(18)19/h11-12H,4-10H2,1-3H3,(H,18,19). The van der Waals surface area contributed by atoms with Crippen molar-refractivity contribution in [3.8, 4) is 0 Å². The first-order valence-corrected chi connectivity index (χ1v) is 7.66. The Bertz CT molecular complexity index is 389. The third-order valence-electron chi connectivity index (χ3n) is 5.09. The van der Waals surface area contributed by atoms with Crippen LogP contribution in [0.3, 0.4) is 0 Å². The molecule has 2 aliphatic heterocycles. The van der Waals surface area contributed by atoms with E-state index in [0.717, 1.165) is 32.4 Å². The lowest BCUT2D eigenvalue weighted by atomic mass is 9.87. The average molecular weight is 282 g/mol. The molecule has 0 radical (unpaired) electrons. The Morgan fingerprint density at radius 2 is 1.80 bits per heavy atom. The van der Waals surface area contributed by atoms with Gasteiger partial charge < -0.3 is 14.9 Å². The van der Waals surface area contributed by atoms with E-state index >= 15 is 0 Å². The maximum Gasteiger partial charge on any atom is 0.329 e. The fourth-order valence-corrected chi connectivity index (χ4v) is 3.42. The molecule has 0 aliphatic carbocycles. The molecule has 2 heterocycles. The van der Waals surface area contributed by atoms with E-state index in [1.807, 2.05) is 4.90 Å². The number of carboxylic acid groups (broad SMARTS) is 1. The summed E-state index contributed by atoms with van der Waals surface area (Å²) >= 11 is 0. The Kier molecular flexibility index (Phi) is 4.25. The van der Waals surface area contributed by atoms with Crippen LogP contribution >= 0.6 is 0 Å². The van der Waals surface area contributed by atoms with Crippen LogP contribution < -0.4 is 0 Å². The quantitative estimate of drug-likeness (QED) is 0.846. The molecule has 0 saturated carbocycles. The molecule has 2 saturated heterocycles. The lowest BCUT2D eigenvalue weighted by molar-refractivity contribution is -0.147. The molecular formula is C15H26N2O3. The van der Waals surface area contributed by atoms with Gasteiger partial charge in [-0.05, 0) is 44.4 Å². The van der Waals surface area contributed by atoms with Crippen LogP contribution in [0, 0.1) is 11.8 Å². The summed E-state index contributed by atoms with van der Waals surface area (Å²) in [7, 11) is 0. The van der Waals surface area contributed by atoms with Gasteiger partial charge in [-0.15, -0.1) is 0 Å². The Hall–Kier alpha value is -1.26. The molecule has 20 heavy (non-hydrogen) atoms. The Morgan fingerprint density at radius 3 is 2.30 bits per heavy atom. The minimum absolute atomic E-state index is 0.0883. The van der Waals surface area contributed by atoms with Crippen LogP contribution in [-0.2, 0) is 4.79 Å². The van der Waals surface area contributed by atoms with Gasteiger partial charge in [0, 0.05) is 19.6 Å². The Balaban J connectivity index is 2.00. The van der Waals surface area contributed by atoms with Gasteiger partial charge in [0.15, 0.2) is 0 Å². The van der Waals surface area contributed by atoms with Gasteiger partial charge in [-0.2, -0.15) is 0 Å². The smallest absolute Gasteiger partial charge is 0.329 e. The zero-order valence-corrected chi connectivity index (χ0v) is 12.8. The predicted octanol–water partition coefficient (Wildman–Crippen LogP) is 2.41. The van der Waals surface area contributed by atoms with Crippen LogP contribution in [0.1, 0.15) is 46.5 Å². The van der Waals surface area contributed by atoms with Gasteiger partial charge in [-0.1, -0.05) is 13.8 Å². The van der Waals surface area contributed by atoms with Crippen molar-refractivity contribution in [1.82, 2.24) is 9.80 Å². The number of nitrogens with zero attached hydrogens (tertiary/aromatic N) is 2. The first kappa shape index (κ1) is 15.1. The Morgan fingerprint density at radius 1 is 1.20 bits per heavy atom. The molecule has 5 nitrogen and oxygen atoms in total. The van der Waals surface area contributed by atoms with Crippen molar-refractivity contribution >= 4 is 12.0 Å². The summed E-state index contributed by atoms with van der Waals surface area (Å²) in [6.45, 7) is 8.20. The highest BCUT2D eigenvalue weighted by molar-refractivity contribution is 5.86. The van der Waals surface area contributed by atoms with Crippen LogP contribution in [0.2, 0.25) is 0 Å². The molecular weight excluding hydrogens is 256 g/mol. The fraction of sp³-hybridized carbons (Fsp3) is 0.867. The molecule has 0 aromatic carbocycles. The number of amides is 2. The first-order valence-electron chi connectivity index (χ1n) is 7.66. The number of likely N-dealkylation sites (tertiary alicyclic amines) is 2. The number of carboxylic acids is 1. The van der Waals surface area contributed by atoms with Gasteiger partial charge in [0.05, 0.1) is 0 Å². The van der Waals surface area contributed by atoms with Gasteiger partial charge in [-0.3, -0.25) is 0 Å². The van der Waals surface area contributed by atoms with Crippen molar-refractivity contribution in [3.63, 3.8) is 0 Å². The molecule has 1 unspecified atom stereocenters. The number of hydrogen-bond acceptors (Lipinski definition) is 2. The van der Waals surface area contributed by atoms with Gasteiger partial charge in [0.1, 0.15) is 5.54 Å². The van der Waals surface area contributed by atoms with Crippen LogP contribution in [-0.4, -0.2) is 52.1 Å². The predicted molar refractivity (Wildman–Crippen MR) is 76.5 cm³/mol. The van der Waals surface area contributed by atoms with Crippen molar-refractivity contribution in [1.29, 1.82) is 0 Å². The van der Waals surface area contributed by atoms with E-state index in [0.29, 0.717) is 24.8 Å². The second-order valence-electron chi connectivity index (χ2n) is 6.69. The average Bonchev–Trinajstić information content (AvgIpc) is 2.81. The summed E-state index contributed by atoms with van der Waals surface area (Å²) in [4.78, 5) is 27.4. The van der Waals surface area contributed by atoms with Crippen molar-refractivity contribution in [2.45, 2.75) is 52.0 Å². The number of aliphatic carboxylic acids is 1. The molecule has 2 amide bonds. The maximum atomic E-state index is 12.6. The van der Waals surface area contributed by atoms with E-state index in [2.05, 4.69) is 13.8 Å². The van der Waals surface area contributed by atoms with E-state index in [1.54, 1.807) is 11.8 Å². The third-order valence-corrected chi connectivity index (χ3v) is 5.09. The largest absolute Gasteiger partial charge is 0.480 e. The molecule has 0 bridgehead atoms. The summed E-state index contributed by atoms with van der Waals surface area (Å²) in [6, 6.07) is -0.0883. The number of carbonyl (C=O) groups excluding carboxylic acids is 1. The van der Waals surface area contributed by atoms with Crippen molar-refractivity contribution in [3.05, 3.63) is 0 Å². The number of rotatable bonds is 2. The lowest BCUT2D eigenvalue weighted by Gasteiger charge is -2.39. The van der Waals surface area contributed by atoms with Crippen molar-refractivity contribution < 1.29 is 14.7 Å². The zero-order chi connectivity index (χ0) is 14.9. The van der Waals surface area contributed by atoms with E-state index in [4.69, 9.17) is 0 Å². The molecule has 2 fully saturated rings. The van der Waals surface area contributed by atoms with Gasteiger partial charge in [0.25, 0.3) is 0 Å². The van der Waals surface area contributed by atoms with E-state index in [1.165, 1.54) is 0 Å². The second kappa shape index (κ2) is 5.62.